The van der Waals surface area contributed by atoms with Crippen LogP contribution in [0.2, 0.25) is 5.02 Å². The highest BCUT2D eigenvalue weighted by atomic mass is 35.5. The number of non-ortho nitro benzene ring substituents is 1. The van der Waals surface area contributed by atoms with Crippen LogP contribution in [0.25, 0.3) is 5.69 Å². The molecule has 2 aromatic carbocycles. The first-order valence-corrected chi connectivity index (χ1v) is 9.21. The number of nitro groups is 1. The first kappa shape index (κ1) is 18.9. The van der Waals surface area contributed by atoms with Gasteiger partial charge in [-0.25, -0.2) is 4.98 Å². The third kappa shape index (κ3) is 4.66. The molecule has 27 heavy (non-hydrogen) atoms. The number of carbonyl (C=O) groups excluding carboxylic acids is 1. The van der Waals surface area contributed by atoms with Crippen molar-refractivity contribution < 1.29 is 9.72 Å². The fourth-order valence-electron chi connectivity index (χ4n) is 2.32. The summed E-state index contributed by atoms with van der Waals surface area (Å²) in [7, 11) is 0. The van der Waals surface area contributed by atoms with Crippen LogP contribution >= 0.6 is 23.4 Å². The van der Waals surface area contributed by atoms with Crippen molar-refractivity contribution in [2.75, 3.05) is 5.32 Å². The van der Waals surface area contributed by atoms with Gasteiger partial charge in [-0.3, -0.25) is 19.5 Å². The summed E-state index contributed by atoms with van der Waals surface area (Å²) in [5.74, 6) is -0.227. The van der Waals surface area contributed by atoms with Crippen molar-refractivity contribution in [2.24, 2.45) is 0 Å². The Bertz CT molecular complexity index is 975. The third-order valence-electron chi connectivity index (χ3n) is 3.69. The first-order chi connectivity index (χ1) is 12.9. The van der Waals surface area contributed by atoms with Gasteiger partial charge in [0, 0.05) is 40.9 Å². The van der Waals surface area contributed by atoms with Crippen LogP contribution in [-0.2, 0) is 4.79 Å². The first-order valence-electron chi connectivity index (χ1n) is 7.95. The Hall–Kier alpha value is -2.84. The van der Waals surface area contributed by atoms with Gasteiger partial charge in [-0.15, -0.1) is 0 Å². The maximum Gasteiger partial charge on any atom is 0.269 e. The fraction of sp³-hybridized carbons (Fsp3) is 0.111. The average Bonchev–Trinajstić information content (AvgIpc) is 3.10. The van der Waals surface area contributed by atoms with Gasteiger partial charge in [0.1, 0.15) is 0 Å². The largest absolute Gasteiger partial charge is 0.325 e. The standard InChI is InChI=1S/C18H15ClN4O3S/c1-12(17(24)21-14-5-7-15(8-6-14)23(25)26)27-18-20-9-10-22(18)16-4-2-3-13(19)11-16/h2-12H,1H3,(H,21,24). The molecule has 3 aromatic rings. The van der Waals surface area contributed by atoms with Gasteiger partial charge >= 0.3 is 0 Å². The summed E-state index contributed by atoms with van der Waals surface area (Å²) in [6.45, 7) is 1.77. The van der Waals surface area contributed by atoms with Crippen LogP contribution in [0.4, 0.5) is 11.4 Å². The van der Waals surface area contributed by atoms with E-state index >= 15 is 0 Å². The molecule has 1 aromatic heterocycles. The molecule has 1 atom stereocenters. The predicted octanol–water partition coefficient (Wildman–Crippen LogP) is 4.55. The Morgan fingerprint density at radius 2 is 2.04 bits per heavy atom. The lowest BCUT2D eigenvalue weighted by Crippen LogP contribution is -2.22. The van der Waals surface area contributed by atoms with E-state index < -0.39 is 10.2 Å². The number of carbonyl (C=O) groups is 1. The molecule has 0 aliphatic heterocycles. The highest BCUT2D eigenvalue weighted by Gasteiger charge is 2.18. The number of amides is 1. The third-order valence-corrected chi connectivity index (χ3v) is 5.01. The molecule has 9 heteroatoms. The van der Waals surface area contributed by atoms with Gasteiger partial charge in [-0.2, -0.15) is 0 Å². The lowest BCUT2D eigenvalue weighted by Gasteiger charge is -2.13. The smallest absolute Gasteiger partial charge is 0.269 e. The summed E-state index contributed by atoms with van der Waals surface area (Å²) in [6, 6.07) is 13.0. The number of nitrogens with one attached hydrogen (secondary N) is 1. The molecule has 1 amide bonds. The van der Waals surface area contributed by atoms with E-state index in [1.165, 1.54) is 36.0 Å². The molecular weight excluding hydrogens is 388 g/mol. The Balaban J connectivity index is 1.69. The summed E-state index contributed by atoms with van der Waals surface area (Å²) in [6.07, 6.45) is 3.46. The van der Waals surface area contributed by atoms with Gasteiger partial charge in [0.25, 0.3) is 5.69 Å². The number of hydrogen-bond donors (Lipinski definition) is 1. The zero-order valence-electron chi connectivity index (χ0n) is 14.2. The Morgan fingerprint density at radius 1 is 1.30 bits per heavy atom. The molecule has 138 valence electrons. The molecule has 3 rings (SSSR count). The Labute approximate surface area is 164 Å². The summed E-state index contributed by atoms with van der Waals surface area (Å²) in [4.78, 5) is 26.9. The molecule has 1 unspecified atom stereocenters. The van der Waals surface area contributed by atoms with E-state index in [4.69, 9.17) is 11.6 Å². The van der Waals surface area contributed by atoms with E-state index in [1.807, 2.05) is 22.8 Å². The van der Waals surface area contributed by atoms with E-state index in [2.05, 4.69) is 10.3 Å². The van der Waals surface area contributed by atoms with Gasteiger partial charge in [-0.05, 0) is 37.3 Å². The molecule has 0 saturated carbocycles. The van der Waals surface area contributed by atoms with Crippen molar-refractivity contribution in [1.82, 2.24) is 9.55 Å². The molecule has 0 bridgehead atoms. The molecular formula is C18H15ClN4O3S. The lowest BCUT2D eigenvalue weighted by atomic mass is 10.3. The normalized spacial score (nSPS) is 11.8. The van der Waals surface area contributed by atoms with Crippen molar-refractivity contribution in [2.45, 2.75) is 17.3 Å². The lowest BCUT2D eigenvalue weighted by molar-refractivity contribution is -0.384. The second-order valence-corrected chi connectivity index (χ2v) is 7.36. The second-order valence-electron chi connectivity index (χ2n) is 5.61. The van der Waals surface area contributed by atoms with E-state index in [-0.39, 0.29) is 11.6 Å². The fourth-order valence-corrected chi connectivity index (χ4v) is 3.39. The number of thioether (sulfide) groups is 1. The zero-order valence-corrected chi connectivity index (χ0v) is 15.8. The predicted molar refractivity (Wildman–Crippen MR) is 106 cm³/mol. The number of nitro benzene ring substituents is 1. The van der Waals surface area contributed by atoms with Crippen molar-refractivity contribution >= 4 is 40.6 Å². The number of imidazole rings is 1. The van der Waals surface area contributed by atoms with Crippen molar-refractivity contribution in [1.29, 1.82) is 0 Å². The summed E-state index contributed by atoms with van der Waals surface area (Å²) < 4.78 is 1.85. The van der Waals surface area contributed by atoms with Crippen LogP contribution < -0.4 is 5.32 Å². The van der Waals surface area contributed by atoms with Gasteiger partial charge in [0.2, 0.25) is 5.91 Å². The minimum atomic E-state index is -0.486. The molecule has 7 nitrogen and oxygen atoms in total. The summed E-state index contributed by atoms with van der Waals surface area (Å²) in [5.41, 5.74) is 1.32. The maximum atomic E-state index is 12.4. The van der Waals surface area contributed by atoms with E-state index in [1.54, 1.807) is 25.4 Å². The molecule has 0 aliphatic carbocycles. The van der Waals surface area contributed by atoms with Gasteiger partial charge < -0.3 is 5.32 Å². The van der Waals surface area contributed by atoms with Gasteiger partial charge in [0.15, 0.2) is 5.16 Å². The van der Waals surface area contributed by atoms with Gasteiger partial charge in [-0.1, -0.05) is 29.4 Å². The van der Waals surface area contributed by atoms with Crippen molar-refractivity contribution in [3.05, 3.63) is 76.1 Å². The van der Waals surface area contributed by atoms with Crippen LogP contribution in [0.5, 0.6) is 0 Å². The number of nitrogens with zero attached hydrogens (tertiary/aromatic N) is 3. The van der Waals surface area contributed by atoms with Crippen LogP contribution in [-0.4, -0.2) is 25.6 Å². The molecule has 0 saturated heterocycles. The quantitative estimate of drug-likeness (QED) is 0.371. The Kier molecular flexibility index (Phi) is 5.78. The minimum absolute atomic E-state index is 0.0287. The van der Waals surface area contributed by atoms with Gasteiger partial charge in [0.05, 0.1) is 10.2 Å². The maximum absolute atomic E-state index is 12.4. The zero-order chi connectivity index (χ0) is 19.4. The molecule has 0 aliphatic rings. The number of benzene rings is 2. The molecule has 0 spiro atoms. The Morgan fingerprint density at radius 3 is 2.70 bits per heavy atom. The highest BCUT2D eigenvalue weighted by Crippen LogP contribution is 2.26. The summed E-state index contributed by atoms with van der Waals surface area (Å²) >= 11 is 7.35. The monoisotopic (exact) mass is 402 g/mol. The molecule has 0 radical (unpaired) electrons. The topological polar surface area (TPSA) is 90.1 Å². The number of halogens is 1. The molecule has 1 heterocycles. The van der Waals surface area contributed by atoms with E-state index in [0.29, 0.717) is 15.9 Å². The van der Waals surface area contributed by atoms with Crippen LogP contribution in [0.3, 0.4) is 0 Å². The number of hydrogen-bond acceptors (Lipinski definition) is 5. The second kappa shape index (κ2) is 8.24. The van der Waals surface area contributed by atoms with Crippen molar-refractivity contribution in [3.63, 3.8) is 0 Å². The van der Waals surface area contributed by atoms with Crippen LogP contribution in [0.1, 0.15) is 6.92 Å². The highest BCUT2D eigenvalue weighted by molar-refractivity contribution is 8.00. The minimum Gasteiger partial charge on any atom is -0.325 e. The number of anilines is 1. The number of rotatable bonds is 6. The molecule has 0 fully saturated rings. The van der Waals surface area contributed by atoms with E-state index in [9.17, 15) is 14.9 Å². The summed E-state index contributed by atoms with van der Waals surface area (Å²) in [5, 5.41) is 14.3. The van der Waals surface area contributed by atoms with Crippen molar-refractivity contribution in [3.8, 4) is 5.69 Å². The SMILES string of the molecule is CC(Sc1nccn1-c1cccc(Cl)c1)C(=O)Nc1ccc([N+](=O)[O-])cc1. The average molecular weight is 403 g/mol. The van der Waals surface area contributed by atoms with Crippen LogP contribution in [0.15, 0.2) is 66.1 Å². The number of aromatic nitrogens is 2. The van der Waals surface area contributed by atoms with E-state index in [0.717, 1.165) is 5.69 Å². The molecule has 1 N–H and O–H groups in total. The van der Waals surface area contributed by atoms with Crippen LogP contribution in [0, 0.1) is 10.1 Å².